The van der Waals surface area contributed by atoms with E-state index in [9.17, 15) is 13.2 Å². The van der Waals surface area contributed by atoms with Crippen LogP contribution in [0.2, 0.25) is 0 Å². The van der Waals surface area contributed by atoms with E-state index in [1.165, 1.54) is 11.4 Å². The van der Waals surface area contributed by atoms with Crippen LogP contribution in [-0.4, -0.2) is 50.8 Å². The van der Waals surface area contributed by atoms with Gasteiger partial charge < -0.3 is 4.74 Å². The predicted octanol–water partition coefficient (Wildman–Crippen LogP) is 0.333. The van der Waals surface area contributed by atoms with E-state index in [1.807, 2.05) is 6.92 Å². The van der Waals surface area contributed by atoms with Crippen LogP contribution in [0.15, 0.2) is 0 Å². The van der Waals surface area contributed by atoms with E-state index in [1.54, 1.807) is 0 Å². The standard InChI is InChI=1S/C10H19ClN2O4S/c1-8-4-3-5-13(7-8)18(15,16)12-6-9(11)10(14)17-2/h8-9,12H,3-7H2,1-2H3. The van der Waals surface area contributed by atoms with Gasteiger partial charge in [0.25, 0.3) is 10.2 Å². The van der Waals surface area contributed by atoms with Gasteiger partial charge in [-0.05, 0) is 18.8 Å². The highest BCUT2D eigenvalue weighted by Gasteiger charge is 2.28. The van der Waals surface area contributed by atoms with Crippen LogP contribution in [0.4, 0.5) is 0 Å². The number of carbonyl (C=O) groups excluding carboxylic acids is 1. The molecule has 0 aliphatic carbocycles. The first-order chi connectivity index (χ1) is 8.36. The molecule has 0 spiro atoms. The highest BCUT2D eigenvalue weighted by molar-refractivity contribution is 7.87. The second-order valence-electron chi connectivity index (χ2n) is 4.45. The molecule has 18 heavy (non-hydrogen) atoms. The van der Waals surface area contributed by atoms with Gasteiger partial charge >= 0.3 is 5.97 Å². The third-order valence-corrected chi connectivity index (χ3v) is 4.74. The SMILES string of the molecule is COC(=O)C(Cl)CNS(=O)(=O)N1CCCC(C)C1. The molecule has 0 saturated carbocycles. The minimum absolute atomic E-state index is 0.165. The number of hydrogen-bond acceptors (Lipinski definition) is 4. The second kappa shape index (κ2) is 6.70. The third-order valence-electron chi connectivity index (χ3n) is 2.86. The summed E-state index contributed by atoms with van der Waals surface area (Å²) in [5.74, 6) is -0.297. The highest BCUT2D eigenvalue weighted by atomic mass is 35.5. The van der Waals surface area contributed by atoms with E-state index in [0.29, 0.717) is 19.0 Å². The number of hydrogen-bond donors (Lipinski definition) is 1. The van der Waals surface area contributed by atoms with Crippen LogP contribution < -0.4 is 4.72 Å². The van der Waals surface area contributed by atoms with E-state index in [-0.39, 0.29) is 6.54 Å². The summed E-state index contributed by atoms with van der Waals surface area (Å²) >= 11 is 5.69. The smallest absolute Gasteiger partial charge is 0.325 e. The molecular formula is C10H19ClN2O4S. The Labute approximate surface area is 113 Å². The average molecular weight is 299 g/mol. The molecule has 1 aliphatic rings. The number of alkyl halides is 1. The molecule has 6 nitrogen and oxygen atoms in total. The molecule has 2 atom stereocenters. The fourth-order valence-corrected chi connectivity index (χ4v) is 3.48. The third kappa shape index (κ3) is 4.38. The Hall–Kier alpha value is -0.370. The minimum atomic E-state index is -3.56. The van der Waals surface area contributed by atoms with Crippen LogP contribution in [0.1, 0.15) is 19.8 Å². The first kappa shape index (κ1) is 15.7. The van der Waals surface area contributed by atoms with Crippen LogP contribution in [-0.2, 0) is 19.7 Å². The maximum absolute atomic E-state index is 12.0. The first-order valence-electron chi connectivity index (χ1n) is 5.83. The topological polar surface area (TPSA) is 75.7 Å². The zero-order valence-corrected chi connectivity index (χ0v) is 12.1. The molecule has 0 aromatic rings. The molecule has 0 aromatic carbocycles. The van der Waals surface area contributed by atoms with Gasteiger partial charge in [0.2, 0.25) is 0 Å². The molecule has 0 amide bonds. The summed E-state index contributed by atoms with van der Waals surface area (Å²) in [4.78, 5) is 11.1. The van der Waals surface area contributed by atoms with Crippen molar-refractivity contribution in [2.45, 2.75) is 25.1 Å². The summed E-state index contributed by atoms with van der Waals surface area (Å²) in [6.45, 7) is 2.85. The summed E-state index contributed by atoms with van der Waals surface area (Å²) in [6, 6.07) is 0. The summed E-state index contributed by atoms with van der Waals surface area (Å²) < 4.78 is 32.0. The van der Waals surface area contributed by atoms with E-state index in [4.69, 9.17) is 11.6 Å². The number of nitrogens with zero attached hydrogens (tertiary/aromatic N) is 1. The molecule has 1 N–H and O–H groups in total. The Morgan fingerprint density at radius 1 is 1.61 bits per heavy atom. The van der Waals surface area contributed by atoms with Crippen molar-refractivity contribution in [1.82, 2.24) is 9.03 Å². The molecule has 1 heterocycles. The number of nitrogens with one attached hydrogen (secondary N) is 1. The van der Waals surface area contributed by atoms with Crippen molar-refractivity contribution in [1.29, 1.82) is 0 Å². The predicted molar refractivity (Wildman–Crippen MR) is 68.6 cm³/mol. The quantitative estimate of drug-likeness (QED) is 0.586. The van der Waals surface area contributed by atoms with Gasteiger partial charge in [0, 0.05) is 19.6 Å². The lowest BCUT2D eigenvalue weighted by Crippen LogP contribution is -2.47. The average Bonchev–Trinajstić information content (AvgIpc) is 2.35. The molecule has 1 aliphatic heterocycles. The van der Waals surface area contributed by atoms with Crippen molar-refractivity contribution in [2.24, 2.45) is 5.92 Å². The Morgan fingerprint density at radius 2 is 2.28 bits per heavy atom. The number of esters is 1. The number of methoxy groups -OCH3 is 1. The Kier molecular flexibility index (Phi) is 5.84. The molecule has 106 valence electrons. The van der Waals surface area contributed by atoms with Gasteiger partial charge in [-0.2, -0.15) is 12.7 Å². The highest BCUT2D eigenvalue weighted by Crippen LogP contribution is 2.17. The monoisotopic (exact) mass is 298 g/mol. The lowest BCUT2D eigenvalue weighted by molar-refractivity contribution is -0.140. The van der Waals surface area contributed by atoms with Gasteiger partial charge in [0.1, 0.15) is 5.38 Å². The van der Waals surface area contributed by atoms with Gasteiger partial charge in [-0.25, -0.2) is 4.72 Å². The molecule has 0 bridgehead atoms. The molecule has 2 unspecified atom stereocenters. The van der Waals surface area contributed by atoms with Gasteiger partial charge in [-0.3, -0.25) is 4.79 Å². The molecule has 0 aromatic heterocycles. The lowest BCUT2D eigenvalue weighted by atomic mass is 10.0. The summed E-state index contributed by atoms with van der Waals surface area (Å²) in [6.07, 6.45) is 1.88. The molecule has 8 heteroatoms. The minimum Gasteiger partial charge on any atom is -0.468 e. The maximum atomic E-state index is 12.0. The van der Waals surface area contributed by atoms with E-state index >= 15 is 0 Å². The number of halogens is 1. The molecular weight excluding hydrogens is 280 g/mol. The molecule has 1 fully saturated rings. The van der Waals surface area contributed by atoms with E-state index < -0.39 is 21.6 Å². The number of rotatable bonds is 5. The fraction of sp³-hybridized carbons (Fsp3) is 0.900. The summed E-state index contributed by atoms with van der Waals surface area (Å²) in [5, 5.41) is -1.01. The van der Waals surface area contributed by atoms with Crippen LogP contribution in [0.3, 0.4) is 0 Å². The van der Waals surface area contributed by atoms with Crippen LogP contribution in [0.25, 0.3) is 0 Å². The number of carbonyl (C=O) groups is 1. The van der Waals surface area contributed by atoms with E-state index in [0.717, 1.165) is 12.8 Å². The van der Waals surface area contributed by atoms with Crippen molar-refractivity contribution >= 4 is 27.8 Å². The van der Waals surface area contributed by atoms with Crippen molar-refractivity contribution in [3.8, 4) is 0 Å². The summed E-state index contributed by atoms with van der Waals surface area (Å²) in [7, 11) is -2.36. The van der Waals surface area contributed by atoms with Gasteiger partial charge in [0.05, 0.1) is 7.11 Å². The molecule has 1 rings (SSSR count). The van der Waals surface area contributed by atoms with E-state index in [2.05, 4.69) is 9.46 Å². The van der Waals surface area contributed by atoms with Gasteiger partial charge in [0.15, 0.2) is 0 Å². The largest absolute Gasteiger partial charge is 0.468 e. The lowest BCUT2D eigenvalue weighted by Gasteiger charge is -2.30. The Balaban J connectivity index is 2.51. The van der Waals surface area contributed by atoms with Crippen molar-refractivity contribution in [2.75, 3.05) is 26.7 Å². The van der Waals surface area contributed by atoms with Gasteiger partial charge in [-0.15, -0.1) is 11.6 Å². The second-order valence-corrected chi connectivity index (χ2v) is 6.73. The van der Waals surface area contributed by atoms with Crippen LogP contribution in [0.5, 0.6) is 0 Å². The first-order valence-corrected chi connectivity index (χ1v) is 7.71. The summed E-state index contributed by atoms with van der Waals surface area (Å²) in [5.41, 5.74) is 0. The maximum Gasteiger partial charge on any atom is 0.325 e. The van der Waals surface area contributed by atoms with Crippen molar-refractivity contribution in [3.63, 3.8) is 0 Å². The molecule has 0 radical (unpaired) electrons. The van der Waals surface area contributed by atoms with Crippen molar-refractivity contribution < 1.29 is 17.9 Å². The fourth-order valence-electron chi connectivity index (χ4n) is 1.85. The van der Waals surface area contributed by atoms with Gasteiger partial charge in [-0.1, -0.05) is 6.92 Å². The van der Waals surface area contributed by atoms with Crippen molar-refractivity contribution in [3.05, 3.63) is 0 Å². The molecule has 1 saturated heterocycles. The Bertz CT molecular complexity index is 387. The van der Waals surface area contributed by atoms with Crippen LogP contribution >= 0.6 is 11.6 Å². The normalized spacial score (nSPS) is 23.6. The zero-order chi connectivity index (χ0) is 13.8. The van der Waals surface area contributed by atoms with Crippen LogP contribution in [0, 0.1) is 5.92 Å². The zero-order valence-electron chi connectivity index (χ0n) is 10.6. The number of ether oxygens (including phenoxy) is 1. The number of piperidine rings is 1. The Morgan fingerprint density at radius 3 is 2.83 bits per heavy atom.